The average Bonchev–Trinajstić information content (AvgIpc) is 2.78. The van der Waals surface area contributed by atoms with E-state index in [4.69, 9.17) is 4.74 Å². The number of ether oxygens (including phenoxy) is 1. The summed E-state index contributed by atoms with van der Waals surface area (Å²) in [4.78, 5) is 12.3. The van der Waals surface area contributed by atoms with Gasteiger partial charge in [-0.15, -0.1) is 0 Å². The first-order valence-corrected chi connectivity index (χ1v) is 7.47. The molecule has 0 N–H and O–H groups in total. The van der Waals surface area contributed by atoms with Crippen molar-refractivity contribution < 1.29 is 4.74 Å². The third-order valence-electron chi connectivity index (χ3n) is 3.60. The highest BCUT2D eigenvalue weighted by Gasteiger charge is 2.17. The number of halogens is 1. The first-order valence-electron chi connectivity index (χ1n) is 6.68. The fraction of sp³-hybridized carbons (Fsp3) is 0.429. The maximum Gasteiger partial charge on any atom is 0.346 e. The summed E-state index contributed by atoms with van der Waals surface area (Å²) in [6.07, 6.45) is 3.06. The van der Waals surface area contributed by atoms with Crippen LogP contribution < -0.4 is 10.4 Å². The van der Waals surface area contributed by atoms with E-state index in [9.17, 15) is 4.79 Å². The molecule has 1 aromatic carbocycles. The molecule has 5 nitrogen and oxygen atoms in total. The average molecular weight is 338 g/mol. The minimum absolute atomic E-state index is 0.0191. The Morgan fingerprint density at radius 2 is 2.25 bits per heavy atom. The van der Waals surface area contributed by atoms with Crippen LogP contribution in [0.25, 0.3) is 0 Å². The van der Waals surface area contributed by atoms with Crippen molar-refractivity contribution in [1.82, 2.24) is 14.3 Å². The SMILES string of the molecule is COc1ccc(Br)c(Cn2nc3n(c2=O)CCCC3)c1. The van der Waals surface area contributed by atoms with Crippen molar-refractivity contribution in [3.63, 3.8) is 0 Å². The van der Waals surface area contributed by atoms with Crippen molar-refractivity contribution in [2.75, 3.05) is 7.11 Å². The summed E-state index contributed by atoms with van der Waals surface area (Å²) in [5, 5.41) is 4.45. The van der Waals surface area contributed by atoms with E-state index in [1.165, 1.54) is 0 Å². The molecule has 0 saturated carbocycles. The lowest BCUT2D eigenvalue weighted by molar-refractivity contribution is 0.414. The summed E-state index contributed by atoms with van der Waals surface area (Å²) in [6, 6.07) is 5.73. The molecule has 0 spiro atoms. The highest BCUT2D eigenvalue weighted by atomic mass is 79.9. The maximum absolute atomic E-state index is 12.3. The minimum Gasteiger partial charge on any atom is -0.497 e. The molecule has 2 aromatic rings. The Hall–Kier alpha value is -1.56. The van der Waals surface area contributed by atoms with E-state index in [2.05, 4.69) is 21.0 Å². The number of hydrogen-bond donors (Lipinski definition) is 0. The van der Waals surface area contributed by atoms with Crippen LogP contribution in [-0.4, -0.2) is 21.5 Å². The zero-order valence-corrected chi connectivity index (χ0v) is 12.9. The number of rotatable bonds is 3. The molecule has 0 aliphatic carbocycles. The van der Waals surface area contributed by atoms with Gasteiger partial charge in [0.1, 0.15) is 11.6 Å². The van der Waals surface area contributed by atoms with Gasteiger partial charge < -0.3 is 4.74 Å². The fourth-order valence-corrected chi connectivity index (χ4v) is 2.88. The molecule has 0 atom stereocenters. The Kier molecular flexibility index (Phi) is 3.65. The largest absolute Gasteiger partial charge is 0.497 e. The minimum atomic E-state index is -0.0191. The molecular formula is C14H16BrN3O2. The van der Waals surface area contributed by atoms with Crippen molar-refractivity contribution >= 4 is 15.9 Å². The summed E-state index contributed by atoms with van der Waals surface area (Å²) < 4.78 is 9.51. The number of benzene rings is 1. The Bertz CT molecular complexity index is 690. The van der Waals surface area contributed by atoms with Gasteiger partial charge in [-0.3, -0.25) is 4.57 Å². The lowest BCUT2D eigenvalue weighted by Gasteiger charge is -2.09. The maximum atomic E-state index is 12.3. The van der Waals surface area contributed by atoms with Gasteiger partial charge in [0, 0.05) is 17.4 Å². The standard InChI is InChI=1S/C14H16BrN3O2/c1-20-11-5-6-12(15)10(8-11)9-18-14(19)17-7-3-2-4-13(17)16-18/h5-6,8H,2-4,7,9H2,1H3. The van der Waals surface area contributed by atoms with Crippen molar-refractivity contribution in [3.8, 4) is 5.75 Å². The number of hydrogen-bond acceptors (Lipinski definition) is 3. The predicted molar refractivity (Wildman–Crippen MR) is 79.2 cm³/mol. The number of fused-ring (bicyclic) bond motifs is 1. The van der Waals surface area contributed by atoms with Gasteiger partial charge in [0.2, 0.25) is 0 Å². The molecule has 3 rings (SSSR count). The Morgan fingerprint density at radius 3 is 3.00 bits per heavy atom. The van der Waals surface area contributed by atoms with Gasteiger partial charge in [0.05, 0.1) is 13.7 Å². The van der Waals surface area contributed by atoms with Crippen LogP contribution in [0.3, 0.4) is 0 Å². The zero-order valence-electron chi connectivity index (χ0n) is 11.3. The molecule has 6 heteroatoms. The summed E-state index contributed by atoms with van der Waals surface area (Å²) in [5.41, 5.74) is 0.969. The lowest BCUT2D eigenvalue weighted by Crippen LogP contribution is -2.27. The van der Waals surface area contributed by atoms with Gasteiger partial charge in [-0.1, -0.05) is 15.9 Å². The van der Waals surface area contributed by atoms with E-state index in [1.54, 1.807) is 16.4 Å². The smallest absolute Gasteiger partial charge is 0.346 e. The molecule has 2 heterocycles. The molecule has 0 unspecified atom stereocenters. The molecule has 0 amide bonds. The van der Waals surface area contributed by atoms with Crippen LogP contribution in [0, 0.1) is 0 Å². The third-order valence-corrected chi connectivity index (χ3v) is 4.38. The first-order chi connectivity index (χ1) is 9.69. The number of aryl methyl sites for hydroxylation is 1. The van der Waals surface area contributed by atoms with Crippen molar-refractivity contribution in [2.45, 2.75) is 32.4 Å². The van der Waals surface area contributed by atoms with E-state index in [0.717, 1.165) is 47.4 Å². The molecule has 0 fully saturated rings. The highest BCUT2D eigenvalue weighted by Crippen LogP contribution is 2.23. The topological polar surface area (TPSA) is 49.0 Å². The van der Waals surface area contributed by atoms with Crippen molar-refractivity contribution in [3.05, 3.63) is 44.5 Å². The number of aromatic nitrogens is 3. The van der Waals surface area contributed by atoms with Crippen molar-refractivity contribution in [2.24, 2.45) is 0 Å². The summed E-state index contributed by atoms with van der Waals surface area (Å²) in [5.74, 6) is 1.68. The molecule has 20 heavy (non-hydrogen) atoms. The zero-order chi connectivity index (χ0) is 14.1. The van der Waals surface area contributed by atoms with Crippen LogP contribution in [0.5, 0.6) is 5.75 Å². The highest BCUT2D eigenvalue weighted by molar-refractivity contribution is 9.10. The summed E-state index contributed by atoms with van der Waals surface area (Å²) in [6.45, 7) is 1.24. The van der Waals surface area contributed by atoms with Crippen LogP contribution in [-0.2, 0) is 19.5 Å². The summed E-state index contributed by atoms with van der Waals surface area (Å²) >= 11 is 3.51. The monoisotopic (exact) mass is 337 g/mol. The molecule has 106 valence electrons. The van der Waals surface area contributed by atoms with Gasteiger partial charge in [0.25, 0.3) is 0 Å². The van der Waals surface area contributed by atoms with E-state index in [1.807, 2.05) is 18.2 Å². The van der Waals surface area contributed by atoms with Gasteiger partial charge in [-0.05, 0) is 36.6 Å². The normalized spacial score (nSPS) is 14.1. The van der Waals surface area contributed by atoms with Gasteiger partial charge in [-0.25, -0.2) is 9.48 Å². The number of methoxy groups -OCH3 is 1. The third kappa shape index (κ3) is 2.40. The lowest BCUT2D eigenvalue weighted by atomic mass is 10.2. The molecule has 1 aliphatic rings. The van der Waals surface area contributed by atoms with E-state index in [-0.39, 0.29) is 5.69 Å². The van der Waals surface area contributed by atoms with E-state index < -0.39 is 0 Å². The first kappa shape index (κ1) is 13.4. The quantitative estimate of drug-likeness (QED) is 0.862. The Morgan fingerprint density at radius 1 is 1.40 bits per heavy atom. The van der Waals surface area contributed by atoms with Gasteiger partial charge >= 0.3 is 5.69 Å². The predicted octanol–water partition coefficient (Wildman–Crippen LogP) is 2.20. The molecule has 1 aromatic heterocycles. The van der Waals surface area contributed by atoms with Gasteiger partial charge in [-0.2, -0.15) is 5.10 Å². The van der Waals surface area contributed by atoms with Gasteiger partial charge in [0.15, 0.2) is 0 Å². The fourth-order valence-electron chi connectivity index (χ4n) is 2.51. The van der Waals surface area contributed by atoms with Crippen LogP contribution in [0.15, 0.2) is 27.5 Å². The van der Waals surface area contributed by atoms with E-state index in [0.29, 0.717) is 6.54 Å². The Balaban J connectivity index is 1.95. The molecule has 1 aliphatic heterocycles. The second-order valence-electron chi connectivity index (χ2n) is 4.92. The second kappa shape index (κ2) is 5.44. The second-order valence-corrected chi connectivity index (χ2v) is 5.78. The molecule has 0 saturated heterocycles. The van der Waals surface area contributed by atoms with Crippen LogP contribution in [0.2, 0.25) is 0 Å². The van der Waals surface area contributed by atoms with Crippen molar-refractivity contribution in [1.29, 1.82) is 0 Å². The molecular weight excluding hydrogens is 322 g/mol. The van der Waals surface area contributed by atoms with Crippen LogP contribution in [0.1, 0.15) is 24.2 Å². The van der Waals surface area contributed by atoms with Crippen LogP contribution >= 0.6 is 15.9 Å². The van der Waals surface area contributed by atoms with Crippen LogP contribution in [0.4, 0.5) is 0 Å². The van der Waals surface area contributed by atoms with E-state index >= 15 is 0 Å². The molecule has 0 bridgehead atoms. The Labute approximate surface area is 125 Å². The summed E-state index contributed by atoms with van der Waals surface area (Å²) in [7, 11) is 1.63. The molecule has 0 radical (unpaired) electrons. The number of nitrogens with zero attached hydrogens (tertiary/aromatic N) is 3.